The van der Waals surface area contributed by atoms with Gasteiger partial charge in [-0.1, -0.05) is 0 Å². The first-order chi connectivity index (χ1) is 6.59. The Kier molecular flexibility index (Phi) is 1.99. The van der Waals surface area contributed by atoms with E-state index in [9.17, 15) is 9.18 Å². The van der Waals surface area contributed by atoms with Crippen molar-refractivity contribution in [1.82, 2.24) is 9.38 Å². The lowest BCUT2D eigenvalue weighted by molar-refractivity contribution is 0.0691. The van der Waals surface area contributed by atoms with Crippen molar-refractivity contribution in [3.8, 4) is 0 Å². The van der Waals surface area contributed by atoms with Gasteiger partial charge < -0.3 is 5.11 Å². The van der Waals surface area contributed by atoms with Crippen LogP contribution in [-0.2, 0) is 0 Å². The van der Waals surface area contributed by atoms with E-state index in [4.69, 9.17) is 5.11 Å². The highest BCUT2D eigenvalue weighted by atomic mass is 79.9. The van der Waals surface area contributed by atoms with E-state index in [1.165, 1.54) is 18.5 Å². The molecule has 6 heteroatoms. The average molecular weight is 259 g/mol. The van der Waals surface area contributed by atoms with Gasteiger partial charge in [0, 0.05) is 18.5 Å². The van der Waals surface area contributed by atoms with Crippen LogP contribution in [0.2, 0.25) is 0 Å². The predicted octanol–water partition coefficient (Wildman–Crippen LogP) is 1.93. The second kappa shape index (κ2) is 3.06. The first kappa shape index (κ1) is 9.14. The van der Waals surface area contributed by atoms with E-state index >= 15 is 0 Å². The Morgan fingerprint density at radius 2 is 2.36 bits per heavy atom. The van der Waals surface area contributed by atoms with Gasteiger partial charge in [0.1, 0.15) is 11.2 Å². The van der Waals surface area contributed by atoms with E-state index in [2.05, 4.69) is 20.9 Å². The molecule has 1 N–H and O–H groups in total. The standard InChI is InChI=1S/C8H4BrFN2O2/c9-4-2-11-6-1-5(8(13)14)7(10)12(6)3-4/h1-3H,(H,13,14). The SMILES string of the molecule is O=C(O)c1cc2ncc(Br)cn2c1F. The predicted molar refractivity (Wildman–Crippen MR) is 49.8 cm³/mol. The van der Waals surface area contributed by atoms with Gasteiger partial charge in [-0.25, -0.2) is 9.78 Å². The van der Waals surface area contributed by atoms with Gasteiger partial charge in [0.25, 0.3) is 0 Å². The zero-order chi connectivity index (χ0) is 10.3. The average Bonchev–Trinajstić information content (AvgIpc) is 2.44. The van der Waals surface area contributed by atoms with Gasteiger partial charge in [0.05, 0.1) is 4.47 Å². The van der Waals surface area contributed by atoms with E-state index < -0.39 is 11.9 Å². The Balaban J connectivity index is 2.80. The first-order valence-corrected chi connectivity index (χ1v) is 4.44. The van der Waals surface area contributed by atoms with E-state index in [0.29, 0.717) is 4.47 Å². The number of halogens is 2. The summed E-state index contributed by atoms with van der Waals surface area (Å²) >= 11 is 3.12. The molecule has 4 nitrogen and oxygen atoms in total. The fourth-order valence-electron chi connectivity index (χ4n) is 1.15. The maximum atomic E-state index is 13.4. The summed E-state index contributed by atoms with van der Waals surface area (Å²) in [5, 5.41) is 8.64. The highest BCUT2D eigenvalue weighted by Gasteiger charge is 2.16. The van der Waals surface area contributed by atoms with Crippen molar-refractivity contribution in [2.75, 3.05) is 0 Å². The van der Waals surface area contributed by atoms with Crippen LogP contribution < -0.4 is 0 Å². The van der Waals surface area contributed by atoms with Crippen LogP contribution in [-0.4, -0.2) is 20.5 Å². The molecule has 0 saturated carbocycles. The molecule has 0 bridgehead atoms. The number of hydrogen-bond donors (Lipinski definition) is 1. The zero-order valence-corrected chi connectivity index (χ0v) is 8.32. The Morgan fingerprint density at radius 3 is 3.00 bits per heavy atom. The number of carbonyl (C=O) groups is 1. The largest absolute Gasteiger partial charge is 0.478 e. The monoisotopic (exact) mass is 258 g/mol. The summed E-state index contributed by atoms with van der Waals surface area (Å²) in [5.41, 5.74) is -0.112. The Morgan fingerprint density at radius 1 is 1.64 bits per heavy atom. The van der Waals surface area contributed by atoms with E-state index in [-0.39, 0.29) is 11.2 Å². The van der Waals surface area contributed by atoms with Gasteiger partial charge in [-0.05, 0) is 15.9 Å². The molecule has 0 atom stereocenters. The van der Waals surface area contributed by atoms with Gasteiger partial charge in [0.2, 0.25) is 5.95 Å². The molecule has 72 valence electrons. The number of rotatable bonds is 1. The van der Waals surface area contributed by atoms with E-state index in [0.717, 1.165) is 4.40 Å². The molecule has 0 spiro atoms. The molecule has 0 unspecified atom stereocenters. The molecule has 0 aliphatic carbocycles. The summed E-state index contributed by atoms with van der Waals surface area (Å²) in [7, 11) is 0. The number of hydrogen-bond acceptors (Lipinski definition) is 2. The van der Waals surface area contributed by atoms with Crippen molar-refractivity contribution in [3.63, 3.8) is 0 Å². The second-order valence-electron chi connectivity index (χ2n) is 2.65. The fraction of sp³-hybridized carbons (Fsp3) is 0. The van der Waals surface area contributed by atoms with Crippen LogP contribution in [0, 0.1) is 5.95 Å². The third-order valence-electron chi connectivity index (χ3n) is 1.76. The van der Waals surface area contributed by atoms with Crippen LogP contribution >= 0.6 is 15.9 Å². The highest BCUT2D eigenvalue weighted by molar-refractivity contribution is 9.10. The Labute approximate surface area is 86.1 Å². The molecule has 0 aromatic carbocycles. The summed E-state index contributed by atoms with van der Waals surface area (Å²) < 4.78 is 15.0. The number of fused-ring (bicyclic) bond motifs is 1. The minimum absolute atomic E-state index is 0.267. The van der Waals surface area contributed by atoms with Crippen molar-refractivity contribution in [1.29, 1.82) is 0 Å². The van der Waals surface area contributed by atoms with Crippen molar-refractivity contribution < 1.29 is 14.3 Å². The minimum Gasteiger partial charge on any atom is -0.478 e. The summed E-state index contributed by atoms with van der Waals surface area (Å²) in [6.07, 6.45) is 2.89. The maximum Gasteiger partial charge on any atom is 0.340 e. The zero-order valence-electron chi connectivity index (χ0n) is 6.74. The smallest absolute Gasteiger partial charge is 0.340 e. The Hall–Kier alpha value is -1.43. The molecular formula is C8H4BrFN2O2. The molecule has 0 radical (unpaired) electrons. The summed E-state index contributed by atoms with van der Waals surface area (Å²) in [5.74, 6) is -2.12. The van der Waals surface area contributed by atoms with Crippen molar-refractivity contribution in [2.24, 2.45) is 0 Å². The van der Waals surface area contributed by atoms with Gasteiger partial charge >= 0.3 is 5.97 Å². The lowest BCUT2D eigenvalue weighted by Gasteiger charge is -1.94. The number of carboxylic acids is 1. The number of aromatic nitrogens is 2. The number of carboxylic acid groups (broad SMARTS) is 1. The quantitative estimate of drug-likeness (QED) is 0.851. The molecular weight excluding hydrogens is 255 g/mol. The number of aromatic carboxylic acids is 1. The molecule has 0 saturated heterocycles. The maximum absolute atomic E-state index is 13.4. The molecule has 2 heterocycles. The first-order valence-electron chi connectivity index (χ1n) is 3.65. The third kappa shape index (κ3) is 1.27. The summed E-state index contributed by atoms with van der Waals surface area (Å²) in [6, 6.07) is 1.18. The van der Waals surface area contributed by atoms with Crippen LogP contribution in [0.25, 0.3) is 5.65 Å². The lowest BCUT2D eigenvalue weighted by atomic mass is 10.3. The number of nitrogens with zero attached hydrogens (tertiary/aromatic N) is 2. The molecule has 2 aromatic heterocycles. The van der Waals surface area contributed by atoms with Crippen LogP contribution in [0.15, 0.2) is 22.9 Å². The molecule has 0 amide bonds. The van der Waals surface area contributed by atoms with Gasteiger partial charge in [-0.3, -0.25) is 4.40 Å². The van der Waals surface area contributed by atoms with Gasteiger partial charge in [-0.2, -0.15) is 4.39 Å². The van der Waals surface area contributed by atoms with Crippen LogP contribution in [0.1, 0.15) is 10.4 Å². The molecule has 0 aliphatic rings. The Bertz CT molecular complexity index is 523. The van der Waals surface area contributed by atoms with Gasteiger partial charge in [0.15, 0.2) is 0 Å². The molecule has 14 heavy (non-hydrogen) atoms. The second-order valence-corrected chi connectivity index (χ2v) is 3.57. The molecule has 0 aliphatic heterocycles. The molecule has 2 rings (SSSR count). The van der Waals surface area contributed by atoms with Crippen LogP contribution in [0.4, 0.5) is 4.39 Å². The summed E-state index contributed by atoms with van der Waals surface area (Å²) in [6.45, 7) is 0. The van der Waals surface area contributed by atoms with Crippen LogP contribution in [0.3, 0.4) is 0 Å². The van der Waals surface area contributed by atoms with Crippen molar-refractivity contribution >= 4 is 27.5 Å². The molecule has 0 fully saturated rings. The third-order valence-corrected chi connectivity index (χ3v) is 2.17. The van der Waals surface area contributed by atoms with Gasteiger partial charge in [-0.15, -0.1) is 0 Å². The topological polar surface area (TPSA) is 54.6 Å². The fourth-order valence-corrected chi connectivity index (χ4v) is 1.45. The summed E-state index contributed by atoms with van der Waals surface area (Å²) in [4.78, 5) is 14.4. The van der Waals surface area contributed by atoms with Crippen LogP contribution in [0.5, 0.6) is 0 Å². The highest BCUT2D eigenvalue weighted by Crippen LogP contribution is 2.16. The minimum atomic E-state index is -1.30. The lowest BCUT2D eigenvalue weighted by Crippen LogP contribution is -1.98. The van der Waals surface area contributed by atoms with E-state index in [1.54, 1.807) is 0 Å². The normalized spacial score (nSPS) is 10.7. The molecule has 2 aromatic rings. The van der Waals surface area contributed by atoms with Crippen molar-refractivity contribution in [3.05, 3.63) is 34.4 Å². The van der Waals surface area contributed by atoms with Crippen molar-refractivity contribution in [2.45, 2.75) is 0 Å². The van der Waals surface area contributed by atoms with E-state index in [1.807, 2.05) is 0 Å².